The zero-order chi connectivity index (χ0) is 23.5. The third-order valence-electron chi connectivity index (χ3n) is 4.65. The Hall–Kier alpha value is -2.26. The number of hydrogen-bond acceptors (Lipinski definition) is 5. The van der Waals surface area contributed by atoms with Crippen LogP contribution in [0.5, 0.6) is 11.5 Å². The molecule has 0 bridgehead atoms. The van der Waals surface area contributed by atoms with Crippen LogP contribution in [0.25, 0.3) is 6.08 Å². The van der Waals surface area contributed by atoms with Crippen LogP contribution in [0.1, 0.15) is 16.7 Å². The molecule has 3 aromatic rings. The second kappa shape index (κ2) is 10.3. The molecule has 33 heavy (non-hydrogen) atoms. The smallest absolute Gasteiger partial charge is 0.363 e. The van der Waals surface area contributed by atoms with Gasteiger partial charge in [-0.05, 0) is 82.3 Å². The largest absolute Gasteiger partial charge is 0.493 e. The standard InChI is InChI=1S/C24H15Cl3INO4/c1-31-22-10-13(3-7-21(22)32-12-14-2-5-18(26)19(27)8-14)9-20-24(30)33-23(29-20)16-11-15(28)4-6-17(16)25/h2-11H,12H2,1H3/b20-9-. The summed E-state index contributed by atoms with van der Waals surface area (Å²) in [6.07, 6.45) is 1.61. The molecule has 5 nitrogen and oxygen atoms in total. The molecule has 0 spiro atoms. The first-order valence-corrected chi connectivity index (χ1v) is 11.8. The van der Waals surface area contributed by atoms with Crippen LogP contribution in [0, 0.1) is 3.57 Å². The van der Waals surface area contributed by atoms with Crippen molar-refractivity contribution in [1.82, 2.24) is 0 Å². The number of halogens is 4. The number of methoxy groups -OCH3 is 1. The van der Waals surface area contributed by atoms with Gasteiger partial charge in [-0.1, -0.05) is 46.9 Å². The lowest BCUT2D eigenvalue weighted by atomic mass is 10.1. The van der Waals surface area contributed by atoms with Gasteiger partial charge in [-0.3, -0.25) is 0 Å². The Balaban J connectivity index is 1.55. The van der Waals surface area contributed by atoms with Gasteiger partial charge >= 0.3 is 5.97 Å². The van der Waals surface area contributed by atoms with E-state index in [1.165, 1.54) is 7.11 Å². The van der Waals surface area contributed by atoms with E-state index in [0.29, 0.717) is 37.7 Å². The van der Waals surface area contributed by atoms with E-state index in [0.717, 1.165) is 9.13 Å². The van der Waals surface area contributed by atoms with Gasteiger partial charge in [0, 0.05) is 3.57 Å². The van der Waals surface area contributed by atoms with E-state index in [1.807, 2.05) is 12.1 Å². The third kappa shape index (κ3) is 5.63. The van der Waals surface area contributed by atoms with Crippen molar-refractivity contribution in [3.05, 3.63) is 95.6 Å². The fourth-order valence-corrected chi connectivity index (χ4v) is 4.04. The summed E-state index contributed by atoms with van der Waals surface area (Å²) in [4.78, 5) is 16.7. The predicted octanol–water partition coefficient (Wildman–Crippen LogP) is 7.18. The summed E-state index contributed by atoms with van der Waals surface area (Å²) in [6, 6.07) is 16.0. The lowest BCUT2D eigenvalue weighted by molar-refractivity contribution is -0.129. The predicted molar refractivity (Wildman–Crippen MR) is 139 cm³/mol. The summed E-state index contributed by atoms with van der Waals surface area (Å²) >= 11 is 20.4. The highest BCUT2D eigenvalue weighted by atomic mass is 127. The van der Waals surface area contributed by atoms with Crippen LogP contribution in [-0.4, -0.2) is 19.0 Å². The van der Waals surface area contributed by atoms with E-state index >= 15 is 0 Å². The molecular formula is C24H15Cl3INO4. The van der Waals surface area contributed by atoms with Gasteiger partial charge in [-0.2, -0.15) is 0 Å². The van der Waals surface area contributed by atoms with Crippen molar-refractivity contribution >= 4 is 75.3 Å². The van der Waals surface area contributed by atoms with Crippen LogP contribution >= 0.6 is 57.4 Å². The number of esters is 1. The van der Waals surface area contributed by atoms with Gasteiger partial charge in [0.1, 0.15) is 6.61 Å². The molecule has 9 heteroatoms. The number of carbonyl (C=O) groups is 1. The molecule has 0 saturated heterocycles. The monoisotopic (exact) mass is 613 g/mol. The second-order valence-corrected chi connectivity index (χ2v) is 9.37. The highest BCUT2D eigenvalue weighted by Gasteiger charge is 2.26. The summed E-state index contributed by atoms with van der Waals surface area (Å²) in [6.45, 7) is 0.282. The summed E-state index contributed by atoms with van der Waals surface area (Å²) in [5, 5.41) is 1.39. The molecule has 4 rings (SSSR count). The van der Waals surface area contributed by atoms with E-state index in [2.05, 4.69) is 27.6 Å². The van der Waals surface area contributed by atoms with Gasteiger partial charge in [0.05, 0.1) is 27.7 Å². The van der Waals surface area contributed by atoms with Crippen molar-refractivity contribution in [1.29, 1.82) is 0 Å². The van der Waals surface area contributed by atoms with Crippen molar-refractivity contribution in [3.63, 3.8) is 0 Å². The normalized spacial score (nSPS) is 14.3. The Morgan fingerprint density at radius 3 is 2.52 bits per heavy atom. The molecule has 0 radical (unpaired) electrons. The van der Waals surface area contributed by atoms with Gasteiger partial charge in [0.2, 0.25) is 5.90 Å². The summed E-state index contributed by atoms with van der Waals surface area (Å²) < 4.78 is 17.6. The average Bonchev–Trinajstić information content (AvgIpc) is 3.16. The number of carbonyl (C=O) groups excluding carboxylic acids is 1. The van der Waals surface area contributed by atoms with Crippen LogP contribution < -0.4 is 9.47 Å². The highest BCUT2D eigenvalue weighted by molar-refractivity contribution is 14.1. The zero-order valence-electron chi connectivity index (χ0n) is 17.1. The van der Waals surface area contributed by atoms with Crippen LogP contribution in [0.2, 0.25) is 15.1 Å². The average molecular weight is 615 g/mol. The molecule has 1 aliphatic heterocycles. The number of benzene rings is 3. The van der Waals surface area contributed by atoms with Gasteiger partial charge in [-0.15, -0.1) is 0 Å². The van der Waals surface area contributed by atoms with Gasteiger partial charge in [0.25, 0.3) is 0 Å². The summed E-state index contributed by atoms with van der Waals surface area (Å²) in [7, 11) is 1.54. The molecule has 0 unspecified atom stereocenters. The number of hydrogen-bond donors (Lipinski definition) is 0. The van der Waals surface area contributed by atoms with E-state index < -0.39 is 5.97 Å². The maximum Gasteiger partial charge on any atom is 0.363 e. The molecule has 0 N–H and O–H groups in total. The minimum absolute atomic E-state index is 0.159. The topological polar surface area (TPSA) is 57.1 Å². The van der Waals surface area contributed by atoms with Crippen molar-refractivity contribution in [2.45, 2.75) is 6.61 Å². The van der Waals surface area contributed by atoms with Crippen LogP contribution in [0.15, 0.2) is 65.3 Å². The van der Waals surface area contributed by atoms with Crippen LogP contribution in [0.3, 0.4) is 0 Å². The van der Waals surface area contributed by atoms with Crippen molar-refractivity contribution in [2.75, 3.05) is 7.11 Å². The van der Waals surface area contributed by atoms with Crippen LogP contribution in [-0.2, 0) is 16.1 Å². The molecule has 0 fully saturated rings. The lowest BCUT2D eigenvalue weighted by Crippen LogP contribution is -2.06. The van der Waals surface area contributed by atoms with Crippen molar-refractivity contribution in [3.8, 4) is 11.5 Å². The van der Waals surface area contributed by atoms with Gasteiger partial charge < -0.3 is 14.2 Å². The molecule has 0 aromatic heterocycles. The van der Waals surface area contributed by atoms with Gasteiger partial charge in [-0.25, -0.2) is 9.79 Å². The molecule has 3 aromatic carbocycles. The first-order chi connectivity index (χ1) is 15.8. The molecule has 0 saturated carbocycles. The fraction of sp³-hybridized carbons (Fsp3) is 0.0833. The van der Waals surface area contributed by atoms with E-state index in [9.17, 15) is 4.79 Å². The van der Waals surface area contributed by atoms with Crippen LogP contribution in [0.4, 0.5) is 0 Å². The Kier molecular flexibility index (Phi) is 7.48. The maximum atomic E-state index is 12.4. The third-order valence-corrected chi connectivity index (χ3v) is 6.39. The summed E-state index contributed by atoms with van der Waals surface area (Å²) in [5.41, 5.74) is 2.28. The van der Waals surface area contributed by atoms with Crippen molar-refractivity contribution < 1.29 is 19.0 Å². The summed E-state index contributed by atoms with van der Waals surface area (Å²) in [5.74, 6) is 0.650. The van der Waals surface area contributed by atoms with Crippen molar-refractivity contribution in [2.24, 2.45) is 4.99 Å². The van der Waals surface area contributed by atoms with E-state index in [4.69, 9.17) is 49.0 Å². The molecule has 0 aliphatic carbocycles. The van der Waals surface area contributed by atoms with E-state index in [-0.39, 0.29) is 18.2 Å². The molecule has 1 heterocycles. The molecule has 1 aliphatic rings. The SMILES string of the molecule is COc1cc(/C=C2\N=C(c3cc(I)ccc3Cl)OC2=O)ccc1OCc1ccc(Cl)c(Cl)c1. The van der Waals surface area contributed by atoms with Gasteiger partial charge in [0.15, 0.2) is 17.2 Å². The quantitative estimate of drug-likeness (QED) is 0.168. The first kappa shape index (κ1) is 23.9. The number of rotatable bonds is 6. The molecule has 0 amide bonds. The Bertz CT molecular complexity index is 1310. The Labute approximate surface area is 219 Å². The number of cyclic esters (lactones) is 1. The minimum Gasteiger partial charge on any atom is -0.493 e. The molecular weight excluding hydrogens is 600 g/mol. The molecule has 0 atom stereocenters. The molecule has 168 valence electrons. The number of ether oxygens (including phenoxy) is 3. The Morgan fingerprint density at radius 2 is 1.76 bits per heavy atom. The maximum absolute atomic E-state index is 12.4. The minimum atomic E-state index is -0.557. The highest BCUT2D eigenvalue weighted by Crippen LogP contribution is 2.32. The first-order valence-electron chi connectivity index (χ1n) is 9.57. The zero-order valence-corrected chi connectivity index (χ0v) is 21.5. The second-order valence-electron chi connectivity index (χ2n) is 6.91. The number of aliphatic imine (C=N–C) groups is 1. The Morgan fingerprint density at radius 1 is 0.970 bits per heavy atom. The number of nitrogens with zero attached hydrogens (tertiary/aromatic N) is 1. The lowest BCUT2D eigenvalue weighted by Gasteiger charge is -2.12. The van der Waals surface area contributed by atoms with E-state index in [1.54, 1.807) is 48.5 Å². The fourth-order valence-electron chi connectivity index (χ4n) is 3.03.